The van der Waals surface area contributed by atoms with E-state index in [1.807, 2.05) is 20.8 Å². The molecule has 2 rings (SSSR count). The Morgan fingerprint density at radius 1 is 1.30 bits per heavy atom. The van der Waals surface area contributed by atoms with Gasteiger partial charge in [-0.15, -0.1) is 11.3 Å². The van der Waals surface area contributed by atoms with Gasteiger partial charge in [0.25, 0.3) is 5.91 Å². The lowest BCUT2D eigenvalue weighted by atomic mass is 10.1. The van der Waals surface area contributed by atoms with Gasteiger partial charge in [-0.1, -0.05) is 19.9 Å². The number of amides is 1. The number of ether oxygens (including phenoxy) is 1. The van der Waals surface area contributed by atoms with Gasteiger partial charge < -0.3 is 10.1 Å². The normalized spacial score (nSPS) is 12.4. The van der Waals surface area contributed by atoms with Crippen molar-refractivity contribution in [2.75, 3.05) is 6.61 Å². The Morgan fingerprint density at radius 2 is 2.00 bits per heavy atom. The maximum Gasteiger partial charge on any atom is 0.349 e. The van der Waals surface area contributed by atoms with Gasteiger partial charge in [0, 0.05) is 16.1 Å². The minimum absolute atomic E-state index is 0.00126. The molecular weight excluding hydrogens is 317 g/mol. The molecule has 2 aromatic rings. The van der Waals surface area contributed by atoms with Crippen LogP contribution in [0.2, 0.25) is 0 Å². The summed E-state index contributed by atoms with van der Waals surface area (Å²) in [6.07, 6.45) is 0. The molecule has 124 valence electrons. The molecule has 0 spiro atoms. The van der Waals surface area contributed by atoms with Gasteiger partial charge in [0.05, 0.1) is 0 Å². The van der Waals surface area contributed by atoms with Crippen LogP contribution in [-0.4, -0.2) is 24.5 Å². The highest BCUT2D eigenvalue weighted by atomic mass is 32.1. The van der Waals surface area contributed by atoms with Crippen molar-refractivity contribution in [1.29, 1.82) is 0 Å². The first-order valence-electron chi connectivity index (χ1n) is 7.45. The number of thiophene rings is 1. The molecule has 0 aliphatic heterocycles. The third-order valence-corrected chi connectivity index (χ3v) is 5.05. The van der Waals surface area contributed by atoms with E-state index in [2.05, 4.69) is 5.32 Å². The van der Waals surface area contributed by atoms with Gasteiger partial charge in [0.1, 0.15) is 10.7 Å². The number of rotatable bonds is 5. The fourth-order valence-electron chi connectivity index (χ4n) is 2.11. The topological polar surface area (TPSA) is 55.4 Å². The number of aryl methyl sites for hydroxylation is 1. The molecule has 0 bridgehead atoms. The summed E-state index contributed by atoms with van der Waals surface area (Å²) in [5, 5.41) is 3.20. The van der Waals surface area contributed by atoms with Crippen LogP contribution in [0.25, 0.3) is 10.1 Å². The number of carbonyl (C=O) groups excluding carboxylic acids is 2. The molecule has 1 aromatic carbocycles. The Hall–Kier alpha value is -1.95. The molecule has 0 unspecified atom stereocenters. The highest BCUT2D eigenvalue weighted by Crippen LogP contribution is 2.32. The van der Waals surface area contributed by atoms with Crippen LogP contribution in [0.1, 0.15) is 36.0 Å². The Labute approximate surface area is 138 Å². The molecule has 1 amide bonds. The third kappa shape index (κ3) is 3.88. The Morgan fingerprint density at radius 3 is 2.61 bits per heavy atom. The van der Waals surface area contributed by atoms with Gasteiger partial charge >= 0.3 is 5.97 Å². The summed E-state index contributed by atoms with van der Waals surface area (Å²) in [5.74, 6) is -1.01. The SMILES string of the molecule is Cc1c(C(=O)OCC(=O)N[C@H](C)C(C)C)sc2cccc(F)c12. The van der Waals surface area contributed by atoms with Crippen molar-refractivity contribution in [3.63, 3.8) is 0 Å². The van der Waals surface area contributed by atoms with E-state index in [-0.39, 0.29) is 24.4 Å². The number of esters is 1. The summed E-state index contributed by atoms with van der Waals surface area (Å²) < 4.78 is 19.6. The standard InChI is InChI=1S/C17H20FNO3S/c1-9(2)11(4)19-14(20)8-22-17(21)16-10(3)15-12(18)6-5-7-13(15)23-16/h5-7,9,11H,8H2,1-4H3,(H,19,20)/t11-/m1/s1. The van der Waals surface area contributed by atoms with E-state index in [4.69, 9.17) is 4.74 Å². The molecule has 6 heteroatoms. The maximum atomic E-state index is 13.8. The molecule has 1 N–H and O–H groups in total. The molecule has 0 saturated heterocycles. The monoisotopic (exact) mass is 337 g/mol. The van der Waals surface area contributed by atoms with Crippen molar-refractivity contribution in [2.45, 2.75) is 33.7 Å². The Kier molecular flexibility index (Phi) is 5.36. The number of hydrogen-bond acceptors (Lipinski definition) is 4. The van der Waals surface area contributed by atoms with E-state index in [1.165, 1.54) is 17.4 Å². The van der Waals surface area contributed by atoms with Crippen LogP contribution in [0.5, 0.6) is 0 Å². The van der Waals surface area contributed by atoms with Gasteiger partial charge in [-0.2, -0.15) is 0 Å². The smallest absolute Gasteiger partial charge is 0.349 e. The fourth-order valence-corrected chi connectivity index (χ4v) is 3.22. The van der Waals surface area contributed by atoms with Crippen LogP contribution in [-0.2, 0) is 9.53 Å². The number of hydrogen-bond donors (Lipinski definition) is 1. The van der Waals surface area contributed by atoms with Gasteiger partial charge in [-0.25, -0.2) is 9.18 Å². The number of fused-ring (bicyclic) bond motifs is 1. The molecule has 1 heterocycles. The van der Waals surface area contributed by atoms with Gasteiger partial charge in [0.2, 0.25) is 0 Å². The van der Waals surface area contributed by atoms with Crippen molar-refractivity contribution < 1.29 is 18.7 Å². The highest BCUT2D eigenvalue weighted by Gasteiger charge is 2.20. The molecule has 4 nitrogen and oxygen atoms in total. The number of nitrogens with one attached hydrogen (secondary N) is 1. The van der Waals surface area contributed by atoms with Crippen LogP contribution < -0.4 is 5.32 Å². The number of carbonyl (C=O) groups is 2. The first kappa shape index (κ1) is 17.4. The third-order valence-electron chi connectivity index (χ3n) is 3.81. The largest absolute Gasteiger partial charge is 0.451 e. The van der Waals surface area contributed by atoms with Crippen molar-refractivity contribution in [3.8, 4) is 0 Å². The van der Waals surface area contributed by atoms with Crippen LogP contribution in [0.4, 0.5) is 4.39 Å². The van der Waals surface area contributed by atoms with Crippen LogP contribution in [0.15, 0.2) is 18.2 Å². The zero-order chi connectivity index (χ0) is 17.1. The van der Waals surface area contributed by atoms with E-state index in [9.17, 15) is 14.0 Å². The van der Waals surface area contributed by atoms with E-state index < -0.39 is 5.97 Å². The molecule has 0 aliphatic carbocycles. The van der Waals surface area contributed by atoms with E-state index in [0.29, 0.717) is 26.4 Å². The van der Waals surface area contributed by atoms with Crippen LogP contribution >= 0.6 is 11.3 Å². The molecule has 1 aromatic heterocycles. The fraction of sp³-hybridized carbons (Fsp3) is 0.412. The molecule has 23 heavy (non-hydrogen) atoms. The van der Waals surface area contributed by atoms with Gasteiger partial charge in [-0.05, 0) is 37.5 Å². The number of halogens is 1. The predicted octanol–water partition coefficient (Wildman–Crippen LogP) is 3.67. The molecule has 0 saturated carbocycles. The molecular formula is C17H20FNO3S. The quantitative estimate of drug-likeness (QED) is 0.847. The van der Waals surface area contributed by atoms with E-state index in [0.717, 1.165) is 0 Å². The highest BCUT2D eigenvalue weighted by molar-refractivity contribution is 7.21. The lowest BCUT2D eigenvalue weighted by Crippen LogP contribution is -2.38. The van der Waals surface area contributed by atoms with Crippen molar-refractivity contribution in [3.05, 3.63) is 34.5 Å². The second-order valence-corrected chi connectivity index (χ2v) is 6.90. The first-order chi connectivity index (χ1) is 10.8. The van der Waals surface area contributed by atoms with Crippen LogP contribution in [0, 0.1) is 18.7 Å². The van der Waals surface area contributed by atoms with Crippen molar-refractivity contribution in [1.82, 2.24) is 5.32 Å². The van der Waals surface area contributed by atoms with Crippen molar-refractivity contribution >= 4 is 33.3 Å². The molecule has 0 fully saturated rings. The second kappa shape index (κ2) is 7.08. The number of benzene rings is 1. The van der Waals surface area contributed by atoms with E-state index in [1.54, 1.807) is 19.1 Å². The lowest BCUT2D eigenvalue weighted by molar-refractivity contribution is -0.125. The average Bonchev–Trinajstić information content (AvgIpc) is 2.83. The van der Waals surface area contributed by atoms with E-state index >= 15 is 0 Å². The van der Waals surface area contributed by atoms with Crippen molar-refractivity contribution in [2.24, 2.45) is 5.92 Å². The molecule has 0 aliphatic rings. The zero-order valence-electron chi connectivity index (χ0n) is 13.6. The van der Waals surface area contributed by atoms with Crippen LogP contribution in [0.3, 0.4) is 0 Å². The van der Waals surface area contributed by atoms with Gasteiger partial charge in [-0.3, -0.25) is 4.79 Å². The summed E-state index contributed by atoms with van der Waals surface area (Å²) in [6.45, 7) is 7.22. The predicted molar refractivity (Wildman–Crippen MR) is 89.2 cm³/mol. The summed E-state index contributed by atoms with van der Waals surface area (Å²) in [6, 6.07) is 4.71. The average molecular weight is 337 g/mol. The Balaban J connectivity index is 2.06. The summed E-state index contributed by atoms with van der Waals surface area (Å²) >= 11 is 1.17. The summed E-state index contributed by atoms with van der Waals surface area (Å²) in [4.78, 5) is 24.2. The lowest BCUT2D eigenvalue weighted by Gasteiger charge is -2.17. The zero-order valence-corrected chi connectivity index (χ0v) is 14.4. The minimum atomic E-state index is -0.601. The summed E-state index contributed by atoms with van der Waals surface area (Å²) in [7, 11) is 0. The maximum absolute atomic E-state index is 13.8. The minimum Gasteiger partial charge on any atom is -0.451 e. The van der Waals surface area contributed by atoms with Gasteiger partial charge in [0.15, 0.2) is 6.61 Å². The second-order valence-electron chi connectivity index (χ2n) is 5.85. The Bertz CT molecular complexity index is 739. The summed E-state index contributed by atoms with van der Waals surface area (Å²) in [5.41, 5.74) is 0.545. The molecule has 0 radical (unpaired) electrons. The molecule has 1 atom stereocenters. The first-order valence-corrected chi connectivity index (χ1v) is 8.27.